The highest BCUT2D eigenvalue weighted by molar-refractivity contribution is 7.80. The van der Waals surface area contributed by atoms with Crippen molar-refractivity contribution in [2.75, 3.05) is 6.54 Å². The van der Waals surface area contributed by atoms with Crippen LogP contribution in [0, 0.1) is 5.92 Å². The molecule has 0 spiro atoms. The second-order valence-electron chi connectivity index (χ2n) is 6.01. The topological polar surface area (TPSA) is 45.5 Å². The number of halogens is 1. The number of hydrogen-bond acceptors (Lipinski definition) is 3. The fraction of sp³-hybridized carbons (Fsp3) is 0.222. The van der Waals surface area contributed by atoms with Crippen molar-refractivity contribution in [2.45, 2.75) is 13.8 Å². The summed E-state index contributed by atoms with van der Waals surface area (Å²) in [7, 11) is 0. The van der Waals surface area contributed by atoms with Crippen molar-refractivity contribution in [1.29, 1.82) is 0 Å². The molecule has 0 atom stereocenters. The van der Waals surface area contributed by atoms with Gasteiger partial charge in [-0.1, -0.05) is 37.6 Å². The molecule has 1 fully saturated rings. The molecule has 1 aromatic carbocycles. The van der Waals surface area contributed by atoms with Crippen molar-refractivity contribution in [3.05, 3.63) is 52.9 Å². The Morgan fingerprint density at radius 3 is 2.83 bits per heavy atom. The van der Waals surface area contributed by atoms with Gasteiger partial charge in [-0.15, -0.1) is 0 Å². The monoisotopic (exact) mass is 360 g/mol. The molecule has 6 heteroatoms. The first-order valence-corrected chi connectivity index (χ1v) is 8.43. The first kappa shape index (κ1) is 16.7. The normalized spacial score (nSPS) is 16.3. The number of furan rings is 1. The Morgan fingerprint density at radius 1 is 1.33 bits per heavy atom. The van der Waals surface area contributed by atoms with Crippen LogP contribution in [0.1, 0.15) is 19.6 Å². The number of carbonyl (C=O) groups excluding carboxylic acids is 1. The smallest absolute Gasteiger partial charge is 0.276 e. The van der Waals surface area contributed by atoms with Crippen LogP contribution in [-0.2, 0) is 4.79 Å². The van der Waals surface area contributed by atoms with E-state index in [0.717, 1.165) is 5.56 Å². The van der Waals surface area contributed by atoms with Gasteiger partial charge in [0.1, 0.15) is 17.2 Å². The molecule has 3 rings (SSSR count). The fourth-order valence-corrected chi connectivity index (χ4v) is 2.93. The summed E-state index contributed by atoms with van der Waals surface area (Å²) in [4.78, 5) is 14.0. The predicted molar refractivity (Wildman–Crippen MR) is 99.4 cm³/mol. The molecule has 1 aliphatic rings. The molecule has 24 heavy (non-hydrogen) atoms. The van der Waals surface area contributed by atoms with E-state index in [9.17, 15) is 4.79 Å². The zero-order valence-corrected chi connectivity index (χ0v) is 14.9. The molecule has 1 N–H and O–H groups in total. The van der Waals surface area contributed by atoms with Crippen LogP contribution >= 0.6 is 23.8 Å². The van der Waals surface area contributed by atoms with Gasteiger partial charge in [-0.25, -0.2) is 0 Å². The van der Waals surface area contributed by atoms with Crippen molar-refractivity contribution in [1.82, 2.24) is 10.2 Å². The van der Waals surface area contributed by atoms with E-state index < -0.39 is 0 Å². The molecule has 0 radical (unpaired) electrons. The summed E-state index contributed by atoms with van der Waals surface area (Å²) in [5, 5.41) is 4.03. The van der Waals surface area contributed by atoms with Gasteiger partial charge in [0.15, 0.2) is 5.11 Å². The Morgan fingerprint density at radius 2 is 2.12 bits per heavy atom. The van der Waals surface area contributed by atoms with Crippen LogP contribution in [0.3, 0.4) is 0 Å². The average molecular weight is 361 g/mol. The molecule has 2 heterocycles. The van der Waals surface area contributed by atoms with Crippen LogP contribution in [-0.4, -0.2) is 22.5 Å². The van der Waals surface area contributed by atoms with Gasteiger partial charge in [0.05, 0.1) is 0 Å². The van der Waals surface area contributed by atoms with E-state index in [-0.39, 0.29) is 5.91 Å². The first-order chi connectivity index (χ1) is 11.4. The Bertz CT molecular complexity index is 826. The third-order valence-electron chi connectivity index (χ3n) is 3.53. The Labute approximate surface area is 151 Å². The number of nitrogens with one attached hydrogen (secondary N) is 1. The van der Waals surface area contributed by atoms with Gasteiger partial charge in [0, 0.05) is 23.2 Å². The molecule has 4 nitrogen and oxygen atoms in total. The van der Waals surface area contributed by atoms with Crippen LogP contribution in [0.2, 0.25) is 5.02 Å². The molecule has 1 amide bonds. The van der Waals surface area contributed by atoms with Crippen molar-refractivity contribution in [3.8, 4) is 11.3 Å². The van der Waals surface area contributed by atoms with Crippen LogP contribution < -0.4 is 5.32 Å². The number of nitrogens with zero attached hydrogens (tertiary/aromatic N) is 1. The minimum atomic E-state index is -0.130. The third-order valence-corrected chi connectivity index (χ3v) is 4.09. The van der Waals surface area contributed by atoms with Crippen LogP contribution in [0.25, 0.3) is 17.4 Å². The second-order valence-corrected chi connectivity index (χ2v) is 6.83. The van der Waals surface area contributed by atoms with E-state index in [1.165, 1.54) is 0 Å². The van der Waals surface area contributed by atoms with Gasteiger partial charge in [-0.3, -0.25) is 9.69 Å². The minimum Gasteiger partial charge on any atom is -0.457 e. The number of benzene rings is 1. The SMILES string of the molecule is CC(C)CN1C(=O)/C(=C\c2ccc(-c3cccc(Cl)c3)o2)NC1=S. The lowest BCUT2D eigenvalue weighted by molar-refractivity contribution is -0.122. The van der Waals surface area contributed by atoms with E-state index in [0.29, 0.717) is 39.8 Å². The zero-order valence-electron chi connectivity index (χ0n) is 13.4. The quantitative estimate of drug-likeness (QED) is 0.651. The lowest BCUT2D eigenvalue weighted by atomic mass is 10.2. The molecule has 0 saturated carbocycles. The largest absolute Gasteiger partial charge is 0.457 e. The molecule has 0 bridgehead atoms. The molecular weight excluding hydrogens is 344 g/mol. The number of carbonyl (C=O) groups is 1. The second kappa shape index (κ2) is 6.79. The van der Waals surface area contributed by atoms with Gasteiger partial charge in [0.25, 0.3) is 5.91 Å². The molecule has 0 aliphatic carbocycles. The molecule has 0 unspecified atom stereocenters. The van der Waals surface area contributed by atoms with E-state index in [1.807, 2.05) is 50.2 Å². The summed E-state index contributed by atoms with van der Waals surface area (Å²) in [6, 6.07) is 11.1. The predicted octanol–water partition coefficient (Wildman–Crippen LogP) is 4.31. The molecule has 124 valence electrons. The summed E-state index contributed by atoms with van der Waals surface area (Å²) >= 11 is 11.2. The van der Waals surface area contributed by atoms with Gasteiger partial charge < -0.3 is 9.73 Å². The van der Waals surface area contributed by atoms with Crippen molar-refractivity contribution in [2.24, 2.45) is 5.92 Å². The first-order valence-electron chi connectivity index (χ1n) is 7.64. The average Bonchev–Trinajstić information content (AvgIpc) is 3.08. The van der Waals surface area contributed by atoms with Gasteiger partial charge >= 0.3 is 0 Å². The van der Waals surface area contributed by atoms with Crippen LogP contribution in [0.15, 0.2) is 46.5 Å². The molecule has 2 aromatic rings. The van der Waals surface area contributed by atoms with Crippen LogP contribution in [0.4, 0.5) is 0 Å². The molecular formula is C18H17ClN2O2S. The maximum absolute atomic E-state index is 12.4. The third kappa shape index (κ3) is 3.52. The highest BCUT2D eigenvalue weighted by atomic mass is 35.5. The highest BCUT2D eigenvalue weighted by Crippen LogP contribution is 2.26. The number of amides is 1. The minimum absolute atomic E-state index is 0.130. The van der Waals surface area contributed by atoms with Gasteiger partial charge in [0.2, 0.25) is 0 Å². The Hall–Kier alpha value is -2.11. The molecule has 1 saturated heterocycles. The van der Waals surface area contributed by atoms with Gasteiger partial charge in [-0.2, -0.15) is 0 Å². The number of hydrogen-bond donors (Lipinski definition) is 1. The van der Waals surface area contributed by atoms with E-state index in [1.54, 1.807) is 11.0 Å². The summed E-state index contributed by atoms with van der Waals surface area (Å²) in [5.74, 6) is 1.48. The maximum Gasteiger partial charge on any atom is 0.276 e. The zero-order chi connectivity index (χ0) is 17.3. The maximum atomic E-state index is 12.4. The van der Waals surface area contributed by atoms with Crippen molar-refractivity contribution in [3.63, 3.8) is 0 Å². The number of rotatable bonds is 4. The summed E-state index contributed by atoms with van der Waals surface area (Å²) in [5.41, 5.74) is 1.31. The highest BCUT2D eigenvalue weighted by Gasteiger charge is 2.31. The number of thiocarbonyl (C=S) groups is 1. The van der Waals surface area contributed by atoms with Crippen molar-refractivity contribution >= 4 is 40.9 Å². The molecule has 1 aliphatic heterocycles. The van der Waals surface area contributed by atoms with E-state index in [2.05, 4.69) is 5.32 Å². The lowest BCUT2D eigenvalue weighted by Gasteiger charge is -2.15. The Balaban J connectivity index is 1.83. The summed E-state index contributed by atoms with van der Waals surface area (Å²) in [6.45, 7) is 4.68. The van der Waals surface area contributed by atoms with Crippen molar-refractivity contribution < 1.29 is 9.21 Å². The summed E-state index contributed by atoms with van der Waals surface area (Å²) < 4.78 is 5.80. The van der Waals surface area contributed by atoms with Crippen LogP contribution in [0.5, 0.6) is 0 Å². The van der Waals surface area contributed by atoms with E-state index in [4.69, 9.17) is 28.2 Å². The van der Waals surface area contributed by atoms with Gasteiger partial charge in [-0.05, 0) is 42.4 Å². The molecule has 1 aromatic heterocycles. The summed E-state index contributed by atoms with van der Waals surface area (Å²) in [6.07, 6.45) is 1.67. The van der Waals surface area contributed by atoms with E-state index >= 15 is 0 Å². The standard InChI is InChI=1S/C18H17ClN2O2S/c1-11(2)10-21-17(22)15(20-18(21)24)9-14-6-7-16(23-14)12-4-3-5-13(19)8-12/h3-9,11H,10H2,1-2H3,(H,20,24)/b15-9+. The fourth-order valence-electron chi connectivity index (χ4n) is 2.47. The Kier molecular flexibility index (Phi) is 4.73. The lowest BCUT2D eigenvalue weighted by Crippen LogP contribution is -2.33.